The first kappa shape index (κ1) is 81.3. The summed E-state index contributed by atoms with van der Waals surface area (Å²) in [5, 5.41) is 0. The van der Waals surface area contributed by atoms with Crippen molar-refractivity contribution in [1.82, 2.24) is 4.90 Å². The van der Waals surface area contributed by atoms with Crippen molar-refractivity contribution in [3.8, 4) is 0 Å². The van der Waals surface area contributed by atoms with Crippen LogP contribution in [-0.4, -0.2) is 115 Å². The van der Waals surface area contributed by atoms with Gasteiger partial charge in [0.05, 0.1) is 50.3 Å². The Balaban J connectivity index is 0. The fourth-order valence-corrected chi connectivity index (χ4v) is 10.1. The SMILES string of the molecule is [CH2-]C(COCCOCCCCCOCCOC(=O)C1(C)CCN(C)CC1)OCCCCCCOC(=O)C(CCCCCCCC)CCCCCCCC.[CH2-]CCCCCOC(=O)C(CCCCCCCC)CCCCCCCC.[U+2]. The molecule has 0 aromatic heterocycles. The number of esters is 3. The van der Waals surface area contributed by atoms with E-state index < -0.39 is 0 Å². The number of rotatable bonds is 58. The van der Waals surface area contributed by atoms with E-state index in [0.717, 1.165) is 135 Å². The van der Waals surface area contributed by atoms with Gasteiger partial charge in [-0.25, -0.2) is 0 Å². The second-order valence-corrected chi connectivity index (χ2v) is 23.6. The number of likely N-dealkylation sites (tertiary alicyclic amines) is 1. The smallest absolute Gasteiger partial charge is 0.465 e. The molecule has 0 aromatic carbocycles. The van der Waals surface area contributed by atoms with Gasteiger partial charge in [-0.15, -0.1) is 0 Å². The fourth-order valence-electron chi connectivity index (χ4n) is 10.1. The molecule has 0 aliphatic carbocycles. The summed E-state index contributed by atoms with van der Waals surface area (Å²) in [6.07, 6.45) is 47.3. The van der Waals surface area contributed by atoms with Gasteiger partial charge in [0.1, 0.15) is 6.61 Å². The molecule has 1 unspecified atom stereocenters. The van der Waals surface area contributed by atoms with E-state index in [1.54, 1.807) is 0 Å². The first-order valence-corrected chi connectivity index (χ1v) is 33.7. The summed E-state index contributed by atoms with van der Waals surface area (Å²) in [5.74, 6) is 0.233. The molecule has 1 aliphatic rings. The second-order valence-electron chi connectivity index (χ2n) is 23.6. The summed E-state index contributed by atoms with van der Waals surface area (Å²) < 4.78 is 39.6. The number of hydrogen-bond donors (Lipinski definition) is 0. The van der Waals surface area contributed by atoms with Gasteiger partial charge in [-0.3, -0.25) is 14.4 Å². The first-order chi connectivity index (χ1) is 38.6. The maximum Gasteiger partial charge on any atom is 2.00 e. The van der Waals surface area contributed by atoms with Crippen molar-refractivity contribution >= 4 is 17.9 Å². The van der Waals surface area contributed by atoms with Crippen LogP contribution in [0.25, 0.3) is 0 Å². The Morgan fingerprint density at radius 2 is 0.762 bits per heavy atom. The predicted molar refractivity (Wildman–Crippen MR) is 330 cm³/mol. The first-order valence-electron chi connectivity index (χ1n) is 33.7. The van der Waals surface area contributed by atoms with E-state index >= 15 is 0 Å². The third-order valence-corrected chi connectivity index (χ3v) is 15.9. The van der Waals surface area contributed by atoms with Gasteiger partial charge in [0.25, 0.3) is 0 Å². The van der Waals surface area contributed by atoms with Crippen LogP contribution < -0.4 is 0 Å². The Kier molecular flexibility index (Phi) is 63.8. The minimum Gasteiger partial charge on any atom is -0.465 e. The van der Waals surface area contributed by atoms with Gasteiger partial charge in [-0.2, -0.15) is 6.42 Å². The maximum absolute atomic E-state index is 12.9. The quantitative estimate of drug-likeness (QED) is 0.0251. The van der Waals surface area contributed by atoms with Crippen LogP contribution >= 0.6 is 0 Å². The molecule has 1 fully saturated rings. The third-order valence-electron chi connectivity index (χ3n) is 15.9. The zero-order chi connectivity index (χ0) is 58.0. The number of unbranched alkanes of at least 4 members (excludes halogenated alkanes) is 28. The molecule has 1 rings (SSSR count). The summed E-state index contributed by atoms with van der Waals surface area (Å²) in [7, 11) is 2.09. The summed E-state index contributed by atoms with van der Waals surface area (Å²) in [6.45, 7) is 26.3. The molecule has 0 aromatic rings. The van der Waals surface area contributed by atoms with Gasteiger partial charge >= 0.3 is 49.0 Å². The van der Waals surface area contributed by atoms with E-state index in [4.69, 9.17) is 33.2 Å². The molecule has 0 spiro atoms. The largest absolute Gasteiger partial charge is 2.00 e. The molecule has 80 heavy (non-hydrogen) atoms. The van der Waals surface area contributed by atoms with Crippen LogP contribution in [0, 0.1) is 62.2 Å². The van der Waals surface area contributed by atoms with Crippen LogP contribution in [0.2, 0.25) is 0 Å². The average Bonchev–Trinajstić information content (AvgIpc) is 3.45. The molecule has 1 aliphatic heterocycles. The molecular weight excluding hydrogens is 1230 g/mol. The van der Waals surface area contributed by atoms with Crippen molar-refractivity contribution in [3.63, 3.8) is 0 Å². The number of carbonyl (C=O) groups excluding carboxylic acids is 3. The summed E-state index contributed by atoms with van der Waals surface area (Å²) in [5.41, 5.74) is -0.355. The van der Waals surface area contributed by atoms with E-state index in [2.05, 4.69) is 53.5 Å². The zero-order valence-corrected chi connectivity index (χ0v) is 57.8. The molecule has 0 saturated carbocycles. The van der Waals surface area contributed by atoms with Crippen LogP contribution in [0.15, 0.2) is 0 Å². The minimum atomic E-state index is -0.355. The van der Waals surface area contributed by atoms with Crippen LogP contribution in [0.4, 0.5) is 0 Å². The third kappa shape index (κ3) is 52.8. The molecule has 0 radical (unpaired) electrons. The molecule has 12 heteroatoms. The molecule has 472 valence electrons. The number of hydrogen-bond acceptors (Lipinski definition) is 11. The van der Waals surface area contributed by atoms with E-state index in [9.17, 15) is 14.4 Å². The number of nitrogens with zero attached hydrogens (tertiary/aromatic N) is 1. The van der Waals surface area contributed by atoms with E-state index in [0.29, 0.717) is 66.1 Å². The monoisotopic (exact) mass is 1360 g/mol. The van der Waals surface area contributed by atoms with Crippen molar-refractivity contribution in [2.75, 3.05) is 86.2 Å². The second kappa shape index (κ2) is 62.8. The maximum atomic E-state index is 12.9. The van der Waals surface area contributed by atoms with Gasteiger partial charge in [0.2, 0.25) is 0 Å². The number of carbonyl (C=O) groups is 3. The Hall–Kier alpha value is -0.738. The van der Waals surface area contributed by atoms with Crippen molar-refractivity contribution in [2.24, 2.45) is 17.3 Å². The normalized spacial score (nSPS) is 13.7. The Labute approximate surface area is 519 Å². The van der Waals surface area contributed by atoms with Crippen molar-refractivity contribution in [3.05, 3.63) is 13.8 Å². The molecule has 1 saturated heterocycles. The van der Waals surface area contributed by atoms with Crippen LogP contribution in [0.1, 0.15) is 298 Å². The molecule has 11 nitrogen and oxygen atoms in total. The van der Waals surface area contributed by atoms with Gasteiger partial charge in [0.15, 0.2) is 0 Å². The van der Waals surface area contributed by atoms with Gasteiger partial charge < -0.3 is 51.9 Å². The van der Waals surface area contributed by atoms with E-state index in [1.165, 1.54) is 141 Å². The van der Waals surface area contributed by atoms with Crippen LogP contribution in [-0.2, 0) is 47.5 Å². The van der Waals surface area contributed by atoms with Crippen LogP contribution in [0.5, 0.6) is 0 Å². The average molecular weight is 1360 g/mol. The topological polar surface area (TPSA) is 119 Å². The molecule has 0 amide bonds. The predicted octanol–water partition coefficient (Wildman–Crippen LogP) is 18.0. The summed E-state index contributed by atoms with van der Waals surface area (Å²) in [4.78, 5) is 40.0. The molecule has 0 bridgehead atoms. The van der Waals surface area contributed by atoms with Crippen molar-refractivity contribution in [1.29, 1.82) is 0 Å². The van der Waals surface area contributed by atoms with Crippen LogP contribution in [0.3, 0.4) is 0 Å². The number of piperidine rings is 1. The fraction of sp³-hybridized carbons (Fsp3) is 0.926. The van der Waals surface area contributed by atoms with Gasteiger partial charge in [0, 0.05) is 26.4 Å². The Morgan fingerprint density at radius 1 is 0.425 bits per heavy atom. The van der Waals surface area contributed by atoms with E-state index in [1.807, 2.05) is 6.92 Å². The molecule has 1 atom stereocenters. The molecular formula is C68H131NO10U. The molecule has 0 N–H and O–H groups in total. The summed E-state index contributed by atoms with van der Waals surface area (Å²) in [6, 6.07) is 0. The summed E-state index contributed by atoms with van der Waals surface area (Å²) >= 11 is 0. The Morgan fingerprint density at radius 3 is 1.19 bits per heavy atom. The minimum absolute atomic E-state index is 0. The Bertz CT molecular complexity index is 1270. The molecule has 1 heterocycles. The number of ether oxygens (including phenoxy) is 7. The standard InChI is InChI=1S/C44H84NO8.C24H47O2.U/c1-6-8-10-12-14-19-25-41(26-20-15-13-11-9-7-2)42(46)52-34-24-17-16-23-33-51-40(3)39-50-36-35-48-31-21-18-22-32-49-37-38-53-43(47)44(4)27-29-45(5)30-28-44;1-4-7-10-13-15-17-20-23(21-18-16-14-11-8-5-2)24(25)26-22-19-12-9-6-3;/h40-41H,3,6-39H2,1-2,4-5H3;23H,3-22H2,1-2H3;/q2*-1;+2. The van der Waals surface area contributed by atoms with E-state index in [-0.39, 0.29) is 72.4 Å². The zero-order valence-electron chi connectivity index (χ0n) is 53.7. The van der Waals surface area contributed by atoms with Gasteiger partial charge in [-0.05, 0) is 117 Å². The van der Waals surface area contributed by atoms with Crippen molar-refractivity contribution in [2.45, 2.75) is 304 Å². The van der Waals surface area contributed by atoms with Crippen molar-refractivity contribution < 1.29 is 78.7 Å². The van der Waals surface area contributed by atoms with Gasteiger partial charge in [-0.1, -0.05) is 201 Å².